The summed E-state index contributed by atoms with van der Waals surface area (Å²) >= 11 is 0. The maximum Gasteiger partial charge on any atom is 0.269 e. The Hall–Kier alpha value is -3.67. The number of hydrogen-bond acceptors (Lipinski definition) is 4. The van der Waals surface area contributed by atoms with Crippen LogP contribution in [0.25, 0.3) is 16.7 Å². The summed E-state index contributed by atoms with van der Waals surface area (Å²) in [4.78, 5) is 20.2. The van der Waals surface area contributed by atoms with Gasteiger partial charge in [-0.3, -0.25) is 14.3 Å². The van der Waals surface area contributed by atoms with Crippen molar-refractivity contribution in [1.29, 1.82) is 0 Å². The summed E-state index contributed by atoms with van der Waals surface area (Å²) in [6.07, 6.45) is 3.47. The van der Waals surface area contributed by atoms with E-state index in [1.807, 2.05) is 30.6 Å². The lowest BCUT2D eigenvalue weighted by molar-refractivity contribution is 0.0958. The van der Waals surface area contributed by atoms with Crippen molar-refractivity contribution in [1.82, 2.24) is 19.9 Å². The standard InChI is InChI=1S/C21H19N5O/c1-22-21(27)19-12-16(10-11-23-19)24-13-15-6-8-17(9-7-15)26-14-25-18-4-2-3-5-20(18)26/h2-12,14H,13H2,1H3,(H,22,27)(H,23,24). The summed E-state index contributed by atoms with van der Waals surface area (Å²) in [6.45, 7) is 0.655. The molecule has 0 aliphatic carbocycles. The van der Waals surface area contributed by atoms with Crippen molar-refractivity contribution in [2.24, 2.45) is 0 Å². The Morgan fingerprint density at radius 3 is 2.67 bits per heavy atom. The smallest absolute Gasteiger partial charge is 0.269 e. The molecule has 2 aromatic heterocycles. The first-order valence-corrected chi connectivity index (χ1v) is 8.68. The third-order valence-corrected chi connectivity index (χ3v) is 4.38. The van der Waals surface area contributed by atoms with Gasteiger partial charge in [-0.2, -0.15) is 0 Å². The Kier molecular flexibility index (Phi) is 4.53. The minimum Gasteiger partial charge on any atom is -0.381 e. The van der Waals surface area contributed by atoms with Crippen molar-refractivity contribution in [3.63, 3.8) is 0 Å². The minimum absolute atomic E-state index is 0.199. The number of rotatable bonds is 5. The van der Waals surface area contributed by atoms with Gasteiger partial charge in [0.05, 0.1) is 11.0 Å². The average Bonchev–Trinajstić information content (AvgIpc) is 3.16. The molecule has 0 spiro atoms. The van der Waals surface area contributed by atoms with Gasteiger partial charge in [-0.25, -0.2) is 4.98 Å². The molecule has 2 aromatic carbocycles. The number of aromatic nitrogens is 3. The molecule has 0 aliphatic heterocycles. The number of nitrogens with one attached hydrogen (secondary N) is 2. The van der Waals surface area contributed by atoms with Crippen molar-refractivity contribution in [3.8, 4) is 5.69 Å². The molecule has 1 amide bonds. The number of carbonyl (C=O) groups excluding carboxylic acids is 1. The predicted molar refractivity (Wildman–Crippen MR) is 106 cm³/mol. The van der Waals surface area contributed by atoms with E-state index in [0.29, 0.717) is 12.2 Å². The number of hydrogen-bond donors (Lipinski definition) is 2. The Labute approximate surface area is 156 Å². The van der Waals surface area contributed by atoms with Gasteiger partial charge in [0.15, 0.2) is 0 Å². The molecule has 0 aliphatic rings. The second-order valence-electron chi connectivity index (χ2n) is 6.13. The zero-order valence-corrected chi connectivity index (χ0v) is 14.9. The van der Waals surface area contributed by atoms with Crippen LogP contribution in [0.2, 0.25) is 0 Å². The number of nitrogens with zero attached hydrogens (tertiary/aromatic N) is 3. The van der Waals surface area contributed by atoms with E-state index in [4.69, 9.17) is 0 Å². The average molecular weight is 357 g/mol. The first-order chi connectivity index (χ1) is 13.2. The van der Waals surface area contributed by atoms with E-state index < -0.39 is 0 Å². The Balaban J connectivity index is 1.48. The van der Waals surface area contributed by atoms with Gasteiger partial charge >= 0.3 is 0 Å². The molecule has 0 bridgehead atoms. The van der Waals surface area contributed by atoms with E-state index in [1.54, 1.807) is 19.3 Å². The van der Waals surface area contributed by atoms with E-state index in [2.05, 4.69) is 55.5 Å². The SMILES string of the molecule is CNC(=O)c1cc(NCc2ccc(-n3cnc4ccccc43)cc2)ccn1. The highest BCUT2D eigenvalue weighted by Crippen LogP contribution is 2.18. The van der Waals surface area contributed by atoms with Crippen molar-refractivity contribution in [2.75, 3.05) is 12.4 Å². The highest BCUT2D eigenvalue weighted by Gasteiger charge is 2.06. The fraction of sp³-hybridized carbons (Fsp3) is 0.0952. The van der Waals surface area contributed by atoms with Crippen LogP contribution in [0.1, 0.15) is 16.1 Å². The molecule has 0 saturated heterocycles. The Bertz CT molecular complexity index is 1090. The number of amides is 1. The number of fused-ring (bicyclic) bond motifs is 1. The maximum atomic E-state index is 11.7. The van der Waals surface area contributed by atoms with Crippen LogP contribution in [0.3, 0.4) is 0 Å². The van der Waals surface area contributed by atoms with Crippen molar-refractivity contribution in [2.45, 2.75) is 6.54 Å². The van der Waals surface area contributed by atoms with Gasteiger partial charge in [-0.15, -0.1) is 0 Å². The van der Waals surface area contributed by atoms with Crippen molar-refractivity contribution >= 4 is 22.6 Å². The molecule has 0 unspecified atom stereocenters. The molecule has 6 nitrogen and oxygen atoms in total. The number of pyridine rings is 1. The molecule has 0 fully saturated rings. The molecular weight excluding hydrogens is 338 g/mol. The predicted octanol–water partition coefficient (Wildman–Crippen LogP) is 3.39. The molecule has 2 N–H and O–H groups in total. The molecule has 134 valence electrons. The van der Waals surface area contributed by atoms with Crippen LogP contribution in [-0.4, -0.2) is 27.5 Å². The van der Waals surface area contributed by atoms with Gasteiger partial charge in [0.2, 0.25) is 0 Å². The van der Waals surface area contributed by atoms with Crippen LogP contribution >= 0.6 is 0 Å². The highest BCUT2D eigenvalue weighted by molar-refractivity contribution is 5.92. The molecule has 27 heavy (non-hydrogen) atoms. The van der Waals surface area contributed by atoms with Crippen LogP contribution in [0.4, 0.5) is 5.69 Å². The van der Waals surface area contributed by atoms with Crippen LogP contribution < -0.4 is 10.6 Å². The summed E-state index contributed by atoms with van der Waals surface area (Å²) in [7, 11) is 1.59. The first kappa shape index (κ1) is 16.8. The van der Waals surface area contributed by atoms with E-state index in [1.165, 1.54) is 0 Å². The van der Waals surface area contributed by atoms with E-state index in [0.717, 1.165) is 28.0 Å². The van der Waals surface area contributed by atoms with Gasteiger partial charge < -0.3 is 10.6 Å². The largest absolute Gasteiger partial charge is 0.381 e. The van der Waals surface area contributed by atoms with Crippen LogP contribution in [0, 0.1) is 0 Å². The topological polar surface area (TPSA) is 71.8 Å². The maximum absolute atomic E-state index is 11.7. The molecular formula is C21H19N5O. The molecule has 4 rings (SSSR count). The van der Waals surface area contributed by atoms with Gasteiger partial charge in [-0.1, -0.05) is 24.3 Å². The fourth-order valence-corrected chi connectivity index (χ4v) is 2.94. The van der Waals surface area contributed by atoms with E-state index >= 15 is 0 Å². The van der Waals surface area contributed by atoms with Crippen LogP contribution in [0.15, 0.2) is 73.2 Å². The second kappa shape index (κ2) is 7.29. The van der Waals surface area contributed by atoms with Gasteiger partial charge in [0.25, 0.3) is 5.91 Å². The van der Waals surface area contributed by atoms with E-state index in [-0.39, 0.29) is 5.91 Å². The van der Waals surface area contributed by atoms with E-state index in [9.17, 15) is 4.79 Å². The molecule has 0 radical (unpaired) electrons. The van der Waals surface area contributed by atoms with Crippen LogP contribution in [-0.2, 0) is 6.54 Å². The van der Waals surface area contributed by atoms with Crippen LogP contribution in [0.5, 0.6) is 0 Å². The fourth-order valence-electron chi connectivity index (χ4n) is 2.94. The normalized spacial score (nSPS) is 10.7. The van der Waals surface area contributed by atoms with Crippen molar-refractivity contribution < 1.29 is 4.79 Å². The molecule has 0 atom stereocenters. The summed E-state index contributed by atoms with van der Waals surface area (Å²) in [5.74, 6) is -0.199. The summed E-state index contributed by atoms with van der Waals surface area (Å²) < 4.78 is 2.07. The zero-order chi connectivity index (χ0) is 18.6. The lowest BCUT2D eigenvalue weighted by atomic mass is 10.2. The second-order valence-corrected chi connectivity index (χ2v) is 6.13. The summed E-state index contributed by atoms with van der Waals surface area (Å²) in [5, 5.41) is 5.90. The molecule has 2 heterocycles. The number of imidazole rings is 1. The first-order valence-electron chi connectivity index (χ1n) is 8.68. The zero-order valence-electron chi connectivity index (χ0n) is 14.9. The number of carbonyl (C=O) groups is 1. The Morgan fingerprint density at radius 2 is 1.85 bits per heavy atom. The van der Waals surface area contributed by atoms with Crippen molar-refractivity contribution in [3.05, 3.63) is 84.4 Å². The van der Waals surface area contributed by atoms with Gasteiger partial charge in [0.1, 0.15) is 12.0 Å². The number of benzene rings is 2. The third kappa shape index (κ3) is 3.50. The summed E-state index contributed by atoms with van der Waals surface area (Å²) in [6, 6.07) is 20.0. The van der Waals surface area contributed by atoms with Gasteiger partial charge in [0, 0.05) is 31.2 Å². The summed E-state index contributed by atoms with van der Waals surface area (Å²) in [5.41, 5.74) is 5.52. The van der Waals surface area contributed by atoms with Gasteiger partial charge in [-0.05, 0) is 42.0 Å². The number of anilines is 1. The lowest BCUT2D eigenvalue weighted by Gasteiger charge is -2.09. The molecule has 0 saturated carbocycles. The number of para-hydroxylation sites is 2. The monoisotopic (exact) mass is 357 g/mol. The highest BCUT2D eigenvalue weighted by atomic mass is 16.1. The third-order valence-electron chi connectivity index (χ3n) is 4.38. The Morgan fingerprint density at radius 1 is 1.04 bits per heavy atom. The quantitative estimate of drug-likeness (QED) is 0.574. The molecule has 4 aromatic rings. The molecule has 6 heteroatoms. The lowest BCUT2D eigenvalue weighted by Crippen LogP contribution is -2.19. The minimum atomic E-state index is -0.199.